The zero-order valence-corrected chi connectivity index (χ0v) is 13.5. The van der Waals surface area contributed by atoms with Gasteiger partial charge < -0.3 is 14.8 Å². The highest BCUT2D eigenvalue weighted by molar-refractivity contribution is 9.10. The minimum atomic E-state index is -0.524. The summed E-state index contributed by atoms with van der Waals surface area (Å²) >= 11 is 3.15. The van der Waals surface area contributed by atoms with Gasteiger partial charge in [-0.3, -0.25) is 4.79 Å². The summed E-state index contributed by atoms with van der Waals surface area (Å²) in [6, 6.07) is 11.7. The van der Waals surface area contributed by atoms with Crippen molar-refractivity contribution >= 4 is 27.5 Å². The number of ether oxygens (including phenoxy) is 2. The van der Waals surface area contributed by atoms with Gasteiger partial charge in [-0.05, 0) is 35.9 Å². The van der Waals surface area contributed by atoms with Crippen molar-refractivity contribution in [3.05, 3.63) is 58.3 Å². The van der Waals surface area contributed by atoms with Crippen LogP contribution in [0.2, 0.25) is 0 Å². The molecule has 0 saturated carbocycles. The van der Waals surface area contributed by atoms with Crippen LogP contribution in [0.3, 0.4) is 0 Å². The molecule has 22 heavy (non-hydrogen) atoms. The molecule has 2 rings (SSSR count). The van der Waals surface area contributed by atoms with E-state index in [0.717, 1.165) is 5.56 Å². The van der Waals surface area contributed by atoms with Gasteiger partial charge in [0.2, 0.25) is 0 Å². The van der Waals surface area contributed by atoms with Crippen LogP contribution in [-0.2, 0) is 16.1 Å². The van der Waals surface area contributed by atoms with Gasteiger partial charge in [-0.15, -0.1) is 0 Å². The number of benzene rings is 2. The molecule has 0 aromatic heterocycles. The third kappa shape index (κ3) is 4.82. The molecule has 0 spiro atoms. The minimum Gasteiger partial charge on any atom is -0.481 e. The number of halogens is 2. The molecule has 116 valence electrons. The average molecular weight is 368 g/mol. The molecule has 6 heteroatoms. The van der Waals surface area contributed by atoms with Gasteiger partial charge in [-0.2, -0.15) is 0 Å². The smallest absolute Gasteiger partial charge is 0.262 e. The van der Waals surface area contributed by atoms with E-state index in [4.69, 9.17) is 9.47 Å². The minimum absolute atomic E-state index is 0.0338. The molecule has 2 aromatic rings. The number of nitrogens with one attached hydrogen (secondary N) is 1. The third-order valence-electron chi connectivity index (χ3n) is 2.77. The first-order valence-corrected chi connectivity index (χ1v) is 7.33. The summed E-state index contributed by atoms with van der Waals surface area (Å²) in [5.74, 6) is -0.854. The first-order chi connectivity index (χ1) is 10.6. The molecule has 0 radical (unpaired) electrons. The molecule has 1 N–H and O–H groups in total. The average Bonchev–Trinajstić information content (AvgIpc) is 2.47. The van der Waals surface area contributed by atoms with E-state index < -0.39 is 5.82 Å². The van der Waals surface area contributed by atoms with Gasteiger partial charge in [0.25, 0.3) is 5.91 Å². The van der Waals surface area contributed by atoms with Crippen LogP contribution in [0.15, 0.2) is 46.9 Å². The monoisotopic (exact) mass is 367 g/mol. The topological polar surface area (TPSA) is 47.6 Å². The van der Waals surface area contributed by atoms with Gasteiger partial charge in [0.15, 0.2) is 18.2 Å². The Kier molecular flexibility index (Phi) is 5.91. The van der Waals surface area contributed by atoms with Crippen molar-refractivity contribution in [3.8, 4) is 5.75 Å². The molecule has 1 amide bonds. The van der Waals surface area contributed by atoms with Gasteiger partial charge in [-0.1, -0.05) is 28.1 Å². The van der Waals surface area contributed by atoms with Crippen molar-refractivity contribution < 1.29 is 18.7 Å². The van der Waals surface area contributed by atoms with Crippen LogP contribution in [-0.4, -0.2) is 19.6 Å². The Morgan fingerprint density at radius 3 is 2.82 bits per heavy atom. The quantitative estimate of drug-likeness (QED) is 0.845. The van der Waals surface area contributed by atoms with Crippen molar-refractivity contribution in [2.45, 2.75) is 6.61 Å². The lowest BCUT2D eigenvalue weighted by molar-refractivity contribution is -0.118. The van der Waals surface area contributed by atoms with E-state index in [1.54, 1.807) is 19.2 Å². The Hall–Kier alpha value is -1.92. The number of anilines is 1. The van der Waals surface area contributed by atoms with Crippen LogP contribution in [0.25, 0.3) is 0 Å². The van der Waals surface area contributed by atoms with Crippen LogP contribution in [0.4, 0.5) is 10.1 Å². The highest BCUT2D eigenvalue weighted by atomic mass is 79.9. The second kappa shape index (κ2) is 7.91. The largest absolute Gasteiger partial charge is 0.481 e. The number of hydrogen-bond acceptors (Lipinski definition) is 3. The molecule has 0 unspecified atom stereocenters. The lowest BCUT2D eigenvalue weighted by Crippen LogP contribution is -2.20. The first kappa shape index (κ1) is 16.5. The van der Waals surface area contributed by atoms with Crippen LogP contribution < -0.4 is 10.1 Å². The van der Waals surface area contributed by atoms with E-state index in [9.17, 15) is 9.18 Å². The molecule has 0 aliphatic carbocycles. The molecule has 0 bridgehead atoms. The second-order valence-corrected chi connectivity index (χ2v) is 5.46. The molecule has 4 nitrogen and oxygen atoms in total. The molecule has 0 fully saturated rings. The van der Waals surface area contributed by atoms with E-state index in [0.29, 0.717) is 16.8 Å². The number of carbonyl (C=O) groups excluding carboxylic acids is 1. The second-order valence-electron chi connectivity index (χ2n) is 4.54. The Labute approximate surface area is 136 Å². The predicted octanol–water partition coefficient (Wildman–Crippen LogP) is 3.75. The summed E-state index contributed by atoms with van der Waals surface area (Å²) < 4.78 is 24.4. The fourth-order valence-electron chi connectivity index (χ4n) is 1.84. The van der Waals surface area contributed by atoms with Gasteiger partial charge in [-0.25, -0.2) is 4.39 Å². The SMILES string of the molecule is COCc1cccc(NC(=O)COc2ccc(Br)cc2F)c1. The maximum Gasteiger partial charge on any atom is 0.262 e. The van der Waals surface area contributed by atoms with Crippen LogP contribution in [0.5, 0.6) is 5.75 Å². The molecule has 0 heterocycles. The van der Waals surface area contributed by atoms with E-state index >= 15 is 0 Å². The lowest BCUT2D eigenvalue weighted by atomic mass is 10.2. The number of hydrogen-bond donors (Lipinski definition) is 1. The highest BCUT2D eigenvalue weighted by Gasteiger charge is 2.08. The van der Waals surface area contributed by atoms with Crippen LogP contribution in [0, 0.1) is 5.82 Å². The van der Waals surface area contributed by atoms with Crippen molar-refractivity contribution in [2.24, 2.45) is 0 Å². The zero-order valence-electron chi connectivity index (χ0n) is 11.9. The van der Waals surface area contributed by atoms with Crippen LogP contribution >= 0.6 is 15.9 Å². The highest BCUT2D eigenvalue weighted by Crippen LogP contribution is 2.21. The summed E-state index contributed by atoms with van der Waals surface area (Å²) in [4.78, 5) is 11.8. The molecule has 0 saturated heterocycles. The molecular weight excluding hydrogens is 353 g/mol. The Bertz CT molecular complexity index is 664. The van der Waals surface area contributed by atoms with Crippen molar-refractivity contribution in [1.82, 2.24) is 0 Å². The number of methoxy groups -OCH3 is 1. The Balaban J connectivity index is 1.91. The standard InChI is InChI=1S/C16H15BrFNO3/c1-21-9-11-3-2-4-13(7-11)19-16(20)10-22-15-6-5-12(17)8-14(15)18/h2-8H,9-10H2,1H3,(H,19,20). The summed E-state index contributed by atoms with van der Waals surface area (Å²) in [6.45, 7) is 0.192. The van der Waals surface area contributed by atoms with E-state index in [2.05, 4.69) is 21.2 Å². The molecular formula is C16H15BrFNO3. The fourth-order valence-corrected chi connectivity index (χ4v) is 2.17. The van der Waals surface area contributed by atoms with Gasteiger partial charge in [0.1, 0.15) is 0 Å². The van der Waals surface area contributed by atoms with Gasteiger partial charge in [0.05, 0.1) is 6.61 Å². The third-order valence-corrected chi connectivity index (χ3v) is 3.27. The van der Waals surface area contributed by atoms with Crippen molar-refractivity contribution in [2.75, 3.05) is 19.0 Å². The number of carbonyl (C=O) groups is 1. The number of amides is 1. The molecule has 0 aliphatic heterocycles. The maximum absolute atomic E-state index is 13.6. The predicted molar refractivity (Wildman–Crippen MR) is 85.4 cm³/mol. The fraction of sp³-hybridized carbons (Fsp3) is 0.188. The van der Waals surface area contributed by atoms with E-state index in [1.807, 2.05) is 18.2 Å². The van der Waals surface area contributed by atoms with E-state index in [1.165, 1.54) is 12.1 Å². The van der Waals surface area contributed by atoms with Gasteiger partial charge >= 0.3 is 0 Å². The summed E-state index contributed by atoms with van der Waals surface area (Å²) in [5, 5.41) is 2.69. The lowest BCUT2D eigenvalue weighted by Gasteiger charge is -2.09. The molecule has 0 aliphatic rings. The van der Waals surface area contributed by atoms with Crippen molar-refractivity contribution in [1.29, 1.82) is 0 Å². The Morgan fingerprint density at radius 2 is 2.09 bits per heavy atom. The van der Waals surface area contributed by atoms with Gasteiger partial charge in [0, 0.05) is 17.3 Å². The summed E-state index contributed by atoms with van der Waals surface area (Å²) in [7, 11) is 1.60. The molecule has 2 aromatic carbocycles. The van der Waals surface area contributed by atoms with Crippen molar-refractivity contribution in [3.63, 3.8) is 0 Å². The Morgan fingerprint density at radius 1 is 1.27 bits per heavy atom. The number of rotatable bonds is 6. The molecule has 0 atom stereocenters. The van der Waals surface area contributed by atoms with Crippen LogP contribution in [0.1, 0.15) is 5.56 Å². The normalized spacial score (nSPS) is 10.3. The first-order valence-electron chi connectivity index (χ1n) is 6.54. The summed E-state index contributed by atoms with van der Waals surface area (Å²) in [6.07, 6.45) is 0. The summed E-state index contributed by atoms with van der Waals surface area (Å²) in [5.41, 5.74) is 1.58. The van der Waals surface area contributed by atoms with E-state index in [-0.39, 0.29) is 18.3 Å². The maximum atomic E-state index is 13.6. The zero-order chi connectivity index (χ0) is 15.9.